The number of hydrogen-bond acceptors (Lipinski definition) is 5. The van der Waals surface area contributed by atoms with Gasteiger partial charge in [0, 0.05) is 20.6 Å². The number of fused-ring (bicyclic) bond motifs is 1. The van der Waals surface area contributed by atoms with Crippen molar-refractivity contribution in [1.29, 1.82) is 0 Å². The zero-order valence-corrected chi connectivity index (χ0v) is 15.8. The van der Waals surface area contributed by atoms with Crippen LogP contribution in [0.15, 0.2) is 39.0 Å². The average molecular weight is 391 g/mol. The molecule has 1 amide bonds. The van der Waals surface area contributed by atoms with Crippen LogP contribution >= 0.6 is 11.8 Å². The Labute approximate surface area is 157 Å². The predicted octanol–water partition coefficient (Wildman–Crippen LogP) is 1.32. The van der Waals surface area contributed by atoms with Crippen LogP contribution in [0.2, 0.25) is 0 Å². The summed E-state index contributed by atoms with van der Waals surface area (Å²) < 4.78 is 17.6. The second-order valence-electron chi connectivity index (χ2n) is 5.83. The molecule has 0 aliphatic rings. The summed E-state index contributed by atoms with van der Waals surface area (Å²) in [5, 5.41) is 2.94. The quantitative estimate of drug-likeness (QED) is 0.663. The minimum Gasteiger partial charge on any atom is -0.323 e. The SMILES string of the molecule is CCn1c(SCC(=O)Nc2ccccc2F)nc2c1c(=O)n(C)c(=O)n2C. The minimum absolute atomic E-state index is 0.0219. The number of amides is 1. The van der Waals surface area contributed by atoms with E-state index in [9.17, 15) is 18.8 Å². The van der Waals surface area contributed by atoms with Crippen LogP contribution in [-0.4, -0.2) is 30.3 Å². The molecule has 8 nitrogen and oxygen atoms in total. The van der Waals surface area contributed by atoms with E-state index in [2.05, 4.69) is 10.3 Å². The molecule has 0 unspecified atom stereocenters. The number of nitrogens with zero attached hydrogens (tertiary/aromatic N) is 4. The normalized spacial score (nSPS) is 11.1. The van der Waals surface area contributed by atoms with E-state index in [4.69, 9.17) is 0 Å². The number of anilines is 1. The maximum Gasteiger partial charge on any atom is 0.332 e. The molecule has 0 bridgehead atoms. The van der Waals surface area contributed by atoms with Crippen LogP contribution in [0, 0.1) is 5.82 Å². The molecule has 0 radical (unpaired) electrons. The second kappa shape index (κ2) is 7.39. The van der Waals surface area contributed by atoms with E-state index >= 15 is 0 Å². The van der Waals surface area contributed by atoms with Gasteiger partial charge in [-0.1, -0.05) is 23.9 Å². The maximum absolute atomic E-state index is 13.6. The highest BCUT2D eigenvalue weighted by Gasteiger charge is 2.19. The first-order valence-corrected chi connectivity index (χ1v) is 9.17. The van der Waals surface area contributed by atoms with Crippen molar-refractivity contribution in [2.24, 2.45) is 14.1 Å². The monoisotopic (exact) mass is 391 g/mol. The van der Waals surface area contributed by atoms with Gasteiger partial charge in [-0.3, -0.25) is 18.7 Å². The van der Waals surface area contributed by atoms with E-state index in [1.807, 2.05) is 6.92 Å². The van der Waals surface area contributed by atoms with E-state index in [0.717, 1.165) is 16.3 Å². The molecule has 142 valence electrons. The number of aryl methyl sites for hydroxylation is 2. The molecule has 2 heterocycles. The molecule has 0 spiro atoms. The van der Waals surface area contributed by atoms with Gasteiger partial charge in [-0.2, -0.15) is 0 Å². The van der Waals surface area contributed by atoms with Gasteiger partial charge >= 0.3 is 5.69 Å². The molecule has 3 rings (SSSR count). The lowest BCUT2D eigenvalue weighted by Crippen LogP contribution is -2.37. The molecule has 3 aromatic rings. The van der Waals surface area contributed by atoms with Gasteiger partial charge in [-0.25, -0.2) is 14.2 Å². The van der Waals surface area contributed by atoms with Crippen LogP contribution in [0.3, 0.4) is 0 Å². The zero-order chi connectivity index (χ0) is 19.7. The van der Waals surface area contributed by atoms with Crippen molar-refractivity contribution in [3.63, 3.8) is 0 Å². The number of para-hydroxylation sites is 1. The fraction of sp³-hybridized carbons (Fsp3) is 0.294. The van der Waals surface area contributed by atoms with Gasteiger partial charge in [-0.05, 0) is 19.1 Å². The van der Waals surface area contributed by atoms with Crippen molar-refractivity contribution in [3.05, 3.63) is 50.9 Å². The summed E-state index contributed by atoms with van der Waals surface area (Å²) >= 11 is 1.11. The molecular formula is C17H18FN5O3S. The Bertz CT molecular complexity index is 1150. The average Bonchev–Trinajstić information content (AvgIpc) is 3.03. The van der Waals surface area contributed by atoms with Gasteiger partial charge < -0.3 is 9.88 Å². The summed E-state index contributed by atoms with van der Waals surface area (Å²) in [5.74, 6) is -0.942. The summed E-state index contributed by atoms with van der Waals surface area (Å²) in [6, 6.07) is 5.89. The number of rotatable bonds is 5. The van der Waals surface area contributed by atoms with Crippen LogP contribution in [-0.2, 0) is 25.4 Å². The van der Waals surface area contributed by atoms with Crippen molar-refractivity contribution in [3.8, 4) is 0 Å². The lowest BCUT2D eigenvalue weighted by Gasteiger charge is -2.07. The molecule has 0 saturated heterocycles. The number of carbonyl (C=O) groups is 1. The fourth-order valence-electron chi connectivity index (χ4n) is 2.71. The van der Waals surface area contributed by atoms with Crippen molar-refractivity contribution in [2.75, 3.05) is 11.1 Å². The van der Waals surface area contributed by atoms with E-state index in [0.29, 0.717) is 17.2 Å². The van der Waals surface area contributed by atoms with E-state index in [1.165, 1.54) is 36.9 Å². The Morgan fingerprint density at radius 3 is 2.59 bits per heavy atom. The van der Waals surface area contributed by atoms with Crippen LogP contribution in [0.4, 0.5) is 10.1 Å². The lowest BCUT2D eigenvalue weighted by atomic mass is 10.3. The highest BCUT2D eigenvalue weighted by atomic mass is 32.2. The molecule has 0 aliphatic heterocycles. The summed E-state index contributed by atoms with van der Waals surface area (Å²) in [7, 11) is 2.95. The maximum atomic E-state index is 13.6. The number of nitrogens with one attached hydrogen (secondary N) is 1. The summed E-state index contributed by atoms with van der Waals surface area (Å²) in [4.78, 5) is 41.1. The highest BCUT2D eigenvalue weighted by Crippen LogP contribution is 2.22. The highest BCUT2D eigenvalue weighted by molar-refractivity contribution is 7.99. The number of benzene rings is 1. The number of carbonyl (C=O) groups excluding carboxylic acids is 1. The molecule has 10 heteroatoms. The van der Waals surface area contributed by atoms with Gasteiger partial charge in [0.05, 0.1) is 11.4 Å². The molecule has 27 heavy (non-hydrogen) atoms. The first-order chi connectivity index (χ1) is 12.8. The lowest BCUT2D eigenvalue weighted by molar-refractivity contribution is -0.113. The Balaban J connectivity index is 1.89. The van der Waals surface area contributed by atoms with Crippen molar-refractivity contribution >= 4 is 34.5 Å². The summed E-state index contributed by atoms with van der Waals surface area (Å²) in [6.45, 7) is 2.29. The van der Waals surface area contributed by atoms with Crippen LogP contribution in [0.5, 0.6) is 0 Å². The standard InChI is InChI=1S/C17H18FN5O3S/c1-4-23-13-14(21(2)17(26)22(3)15(13)25)20-16(23)27-9-12(24)19-11-8-6-5-7-10(11)18/h5-8H,4,9H2,1-3H3,(H,19,24). The molecule has 0 atom stereocenters. The van der Waals surface area contributed by atoms with Gasteiger partial charge in [0.1, 0.15) is 5.82 Å². The molecule has 2 aromatic heterocycles. The second-order valence-corrected chi connectivity index (χ2v) is 6.78. The number of halogens is 1. The Morgan fingerprint density at radius 1 is 1.22 bits per heavy atom. The molecular weight excluding hydrogens is 373 g/mol. The number of imidazole rings is 1. The predicted molar refractivity (Wildman–Crippen MR) is 102 cm³/mol. The number of hydrogen-bond donors (Lipinski definition) is 1. The van der Waals surface area contributed by atoms with E-state index in [1.54, 1.807) is 10.6 Å². The van der Waals surface area contributed by atoms with Gasteiger partial charge in [0.15, 0.2) is 16.3 Å². The third kappa shape index (κ3) is 3.39. The minimum atomic E-state index is -0.518. The van der Waals surface area contributed by atoms with Crippen LogP contribution in [0.1, 0.15) is 6.92 Å². The third-order valence-corrected chi connectivity index (χ3v) is 5.09. The molecule has 1 N–H and O–H groups in total. The fourth-order valence-corrected chi connectivity index (χ4v) is 3.57. The molecule has 0 aliphatic carbocycles. The van der Waals surface area contributed by atoms with Gasteiger partial charge in [-0.15, -0.1) is 0 Å². The summed E-state index contributed by atoms with van der Waals surface area (Å²) in [5.41, 5.74) is -0.239. The van der Waals surface area contributed by atoms with Crippen molar-refractivity contribution < 1.29 is 9.18 Å². The molecule has 0 saturated carbocycles. The van der Waals surface area contributed by atoms with Crippen molar-refractivity contribution in [2.45, 2.75) is 18.6 Å². The Kier molecular flexibility index (Phi) is 5.17. The Morgan fingerprint density at radius 2 is 1.93 bits per heavy atom. The van der Waals surface area contributed by atoms with Gasteiger partial charge in [0.2, 0.25) is 5.91 Å². The smallest absolute Gasteiger partial charge is 0.323 e. The van der Waals surface area contributed by atoms with Crippen LogP contribution in [0.25, 0.3) is 11.2 Å². The Hall–Kier alpha value is -2.88. The summed E-state index contributed by atoms with van der Waals surface area (Å²) in [6.07, 6.45) is 0. The number of aromatic nitrogens is 4. The third-order valence-electron chi connectivity index (χ3n) is 4.11. The number of thioether (sulfide) groups is 1. The topological polar surface area (TPSA) is 90.9 Å². The van der Waals surface area contributed by atoms with Gasteiger partial charge in [0.25, 0.3) is 5.56 Å². The van der Waals surface area contributed by atoms with Crippen molar-refractivity contribution in [1.82, 2.24) is 18.7 Å². The first-order valence-electron chi connectivity index (χ1n) is 8.18. The largest absolute Gasteiger partial charge is 0.332 e. The molecule has 1 aromatic carbocycles. The van der Waals surface area contributed by atoms with E-state index in [-0.39, 0.29) is 17.1 Å². The van der Waals surface area contributed by atoms with Crippen LogP contribution < -0.4 is 16.6 Å². The van der Waals surface area contributed by atoms with E-state index < -0.39 is 23.0 Å². The zero-order valence-electron chi connectivity index (χ0n) is 15.0. The molecule has 0 fully saturated rings. The first kappa shape index (κ1) is 18.9.